The molecule has 2 N–H and O–H groups in total. The largest absolute Gasteiger partial charge is 0.330 e. The van der Waals surface area contributed by atoms with Crippen molar-refractivity contribution in [3.8, 4) is 0 Å². The van der Waals surface area contributed by atoms with Crippen molar-refractivity contribution in [1.82, 2.24) is 0 Å². The lowest BCUT2D eigenvalue weighted by Crippen LogP contribution is -2.34. The molecule has 0 saturated heterocycles. The lowest BCUT2D eigenvalue weighted by molar-refractivity contribution is 0.481. The maximum atomic E-state index is 6.27. The highest BCUT2D eigenvalue weighted by atomic mass is 35.5. The number of hydrogen-bond acceptors (Lipinski definition) is 1. The Labute approximate surface area is 120 Å². The number of rotatable bonds is 4. The lowest BCUT2D eigenvalue weighted by atomic mass is 9.77. The van der Waals surface area contributed by atoms with Crippen molar-refractivity contribution in [3.05, 3.63) is 70.2 Å². The zero-order chi connectivity index (χ0) is 13.9. The first-order valence-electron chi connectivity index (χ1n) is 6.56. The van der Waals surface area contributed by atoms with Gasteiger partial charge in [0.2, 0.25) is 0 Å². The van der Waals surface area contributed by atoms with Crippen LogP contribution in [0.1, 0.15) is 23.6 Å². The van der Waals surface area contributed by atoms with Crippen LogP contribution < -0.4 is 5.73 Å². The maximum absolute atomic E-state index is 6.27. The maximum Gasteiger partial charge on any atom is 0.0438 e. The molecule has 0 heterocycles. The molecular formula is C17H20ClN. The molecule has 2 heteroatoms. The van der Waals surface area contributed by atoms with Crippen molar-refractivity contribution in [2.24, 2.45) is 5.73 Å². The molecule has 0 aliphatic rings. The van der Waals surface area contributed by atoms with Gasteiger partial charge in [0.25, 0.3) is 0 Å². The molecule has 0 fully saturated rings. The summed E-state index contributed by atoms with van der Waals surface area (Å²) in [6.07, 6.45) is 0.854. The Morgan fingerprint density at radius 1 is 1.11 bits per heavy atom. The summed E-state index contributed by atoms with van der Waals surface area (Å²) in [6.45, 7) is 4.91. The average molecular weight is 274 g/mol. The number of hydrogen-bond donors (Lipinski definition) is 1. The summed E-state index contributed by atoms with van der Waals surface area (Å²) in [7, 11) is 0. The van der Waals surface area contributed by atoms with Crippen LogP contribution in [0.4, 0.5) is 0 Å². The fourth-order valence-corrected chi connectivity index (χ4v) is 2.58. The van der Waals surface area contributed by atoms with E-state index < -0.39 is 0 Å². The summed E-state index contributed by atoms with van der Waals surface area (Å²) in [4.78, 5) is 0. The van der Waals surface area contributed by atoms with E-state index >= 15 is 0 Å². The van der Waals surface area contributed by atoms with Crippen molar-refractivity contribution in [2.45, 2.75) is 25.7 Å². The van der Waals surface area contributed by atoms with Crippen LogP contribution in [-0.4, -0.2) is 6.54 Å². The summed E-state index contributed by atoms with van der Waals surface area (Å²) < 4.78 is 0. The topological polar surface area (TPSA) is 26.0 Å². The quantitative estimate of drug-likeness (QED) is 0.891. The van der Waals surface area contributed by atoms with Gasteiger partial charge in [-0.05, 0) is 30.5 Å². The molecule has 0 spiro atoms. The van der Waals surface area contributed by atoms with Crippen LogP contribution >= 0.6 is 11.6 Å². The summed E-state index contributed by atoms with van der Waals surface area (Å²) in [5.74, 6) is 0. The molecule has 0 radical (unpaired) electrons. The number of halogens is 1. The van der Waals surface area contributed by atoms with Crippen LogP contribution in [-0.2, 0) is 11.8 Å². The van der Waals surface area contributed by atoms with Crippen molar-refractivity contribution in [2.75, 3.05) is 6.54 Å². The van der Waals surface area contributed by atoms with Gasteiger partial charge in [-0.1, -0.05) is 66.6 Å². The Bertz CT molecular complexity index is 565. The van der Waals surface area contributed by atoms with E-state index in [0.29, 0.717) is 6.54 Å². The molecule has 2 rings (SSSR count). The number of nitrogens with two attached hydrogens (primary N) is 1. The van der Waals surface area contributed by atoms with E-state index in [1.165, 1.54) is 11.1 Å². The minimum absolute atomic E-state index is 0.0863. The molecule has 2 aromatic rings. The molecule has 0 saturated carbocycles. The van der Waals surface area contributed by atoms with Gasteiger partial charge < -0.3 is 5.73 Å². The third-order valence-electron chi connectivity index (χ3n) is 3.70. The monoisotopic (exact) mass is 273 g/mol. The van der Waals surface area contributed by atoms with E-state index in [0.717, 1.165) is 17.0 Å². The molecule has 0 aliphatic heterocycles. The molecule has 2 aromatic carbocycles. The minimum atomic E-state index is -0.0863. The molecular weight excluding hydrogens is 254 g/mol. The smallest absolute Gasteiger partial charge is 0.0438 e. The zero-order valence-electron chi connectivity index (χ0n) is 11.5. The first-order chi connectivity index (χ1) is 9.05. The standard InChI is InChI=1S/C17H20ClN/c1-13-6-5-8-15(10-13)17(2,12-19)11-14-7-3-4-9-16(14)18/h3-10H,11-12,19H2,1-2H3. The highest BCUT2D eigenvalue weighted by Gasteiger charge is 2.26. The fraction of sp³-hybridized carbons (Fsp3) is 0.294. The average Bonchev–Trinajstić information content (AvgIpc) is 2.41. The second-order valence-electron chi connectivity index (χ2n) is 5.40. The normalized spacial score (nSPS) is 14.1. The van der Waals surface area contributed by atoms with Gasteiger partial charge >= 0.3 is 0 Å². The first kappa shape index (κ1) is 14.1. The summed E-state index contributed by atoms with van der Waals surface area (Å²) in [5, 5.41) is 0.815. The summed E-state index contributed by atoms with van der Waals surface area (Å²) in [6, 6.07) is 16.5. The fourth-order valence-electron chi connectivity index (χ4n) is 2.37. The van der Waals surface area contributed by atoms with E-state index in [1.807, 2.05) is 18.2 Å². The minimum Gasteiger partial charge on any atom is -0.330 e. The molecule has 0 bridgehead atoms. The van der Waals surface area contributed by atoms with Gasteiger partial charge in [0.15, 0.2) is 0 Å². The van der Waals surface area contributed by atoms with Gasteiger partial charge in [-0.25, -0.2) is 0 Å². The predicted octanol–water partition coefficient (Wildman–Crippen LogP) is 4.11. The third-order valence-corrected chi connectivity index (χ3v) is 4.07. The lowest BCUT2D eigenvalue weighted by Gasteiger charge is -2.29. The SMILES string of the molecule is Cc1cccc(C(C)(CN)Cc2ccccc2Cl)c1. The molecule has 19 heavy (non-hydrogen) atoms. The second kappa shape index (κ2) is 5.77. The van der Waals surface area contributed by atoms with E-state index in [4.69, 9.17) is 17.3 Å². The molecule has 1 unspecified atom stereocenters. The Hall–Kier alpha value is -1.31. The van der Waals surface area contributed by atoms with Crippen molar-refractivity contribution in [1.29, 1.82) is 0 Å². The van der Waals surface area contributed by atoms with Gasteiger partial charge in [-0.3, -0.25) is 0 Å². The van der Waals surface area contributed by atoms with Crippen molar-refractivity contribution < 1.29 is 0 Å². The van der Waals surface area contributed by atoms with Crippen LogP contribution in [0.3, 0.4) is 0 Å². The highest BCUT2D eigenvalue weighted by molar-refractivity contribution is 6.31. The molecule has 1 nitrogen and oxygen atoms in total. The second-order valence-corrected chi connectivity index (χ2v) is 5.81. The molecule has 100 valence electrons. The summed E-state index contributed by atoms with van der Waals surface area (Å²) in [5.41, 5.74) is 9.64. The van der Waals surface area contributed by atoms with E-state index in [-0.39, 0.29) is 5.41 Å². The Morgan fingerprint density at radius 2 is 1.84 bits per heavy atom. The third kappa shape index (κ3) is 3.17. The molecule has 0 aromatic heterocycles. The van der Waals surface area contributed by atoms with Crippen LogP contribution in [0, 0.1) is 6.92 Å². The van der Waals surface area contributed by atoms with Crippen LogP contribution in [0.15, 0.2) is 48.5 Å². The van der Waals surface area contributed by atoms with E-state index in [9.17, 15) is 0 Å². The van der Waals surface area contributed by atoms with Gasteiger partial charge in [0.05, 0.1) is 0 Å². The van der Waals surface area contributed by atoms with Gasteiger partial charge in [-0.15, -0.1) is 0 Å². The highest BCUT2D eigenvalue weighted by Crippen LogP contribution is 2.30. The van der Waals surface area contributed by atoms with Gasteiger partial charge in [0, 0.05) is 17.0 Å². The molecule has 1 atom stereocenters. The van der Waals surface area contributed by atoms with Crippen LogP contribution in [0.2, 0.25) is 5.02 Å². The van der Waals surface area contributed by atoms with Crippen LogP contribution in [0.25, 0.3) is 0 Å². The van der Waals surface area contributed by atoms with Gasteiger partial charge in [0.1, 0.15) is 0 Å². The Morgan fingerprint density at radius 3 is 2.47 bits per heavy atom. The summed E-state index contributed by atoms with van der Waals surface area (Å²) >= 11 is 6.27. The Balaban J connectivity index is 2.36. The zero-order valence-corrected chi connectivity index (χ0v) is 12.2. The van der Waals surface area contributed by atoms with Crippen molar-refractivity contribution >= 4 is 11.6 Å². The Kier molecular flexibility index (Phi) is 4.28. The predicted molar refractivity (Wildman–Crippen MR) is 82.7 cm³/mol. The number of benzene rings is 2. The molecule has 0 amide bonds. The number of aryl methyl sites for hydroxylation is 1. The van der Waals surface area contributed by atoms with E-state index in [1.54, 1.807) is 0 Å². The van der Waals surface area contributed by atoms with E-state index in [2.05, 4.69) is 44.2 Å². The van der Waals surface area contributed by atoms with Crippen LogP contribution in [0.5, 0.6) is 0 Å². The first-order valence-corrected chi connectivity index (χ1v) is 6.93. The van der Waals surface area contributed by atoms with Crippen molar-refractivity contribution in [3.63, 3.8) is 0 Å². The van der Waals surface area contributed by atoms with Gasteiger partial charge in [-0.2, -0.15) is 0 Å². The molecule has 0 aliphatic carbocycles.